The fraction of sp³-hybridized carbons (Fsp3) is 0.278. The van der Waals surface area contributed by atoms with Gasteiger partial charge < -0.3 is 0 Å². The summed E-state index contributed by atoms with van der Waals surface area (Å²) >= 11 is 0. The molecule has 0 unspecified atom stereocenters. The van der Waals surface area contributed by atoms with Crippen LogP contribution in [0.2, 0.25) is 0 Å². The Morgan fingerprint density at radius 1 is 1.08 bits per heavy atom. The third-order valence-electron chi connectivity index (χ3n) is 3.91. The maximum atomic E-state index is 12.5. The zero-order valence-electron chi connectivity index (χ0n) is 15.3. The predicted molar refractivity (Wildman–Crippen MR) is 100 cm³/mol. The number of hydrazine groups is 1. The van der Waals surface area contributed by atoms with E-state index in [1.165, 1.54) is 38.4 Å². The Morgan fingerprint density at radius 2 is 1.65 bits per heavy atom. The summed E-state index contributed by atoms with van der Waals surface area (Å²) in [5.74, 6) is -0.323. The average molecular weight is 377 g/mol. The summed E-state index contributed by atoms with van der Waals surface area (Å²) in [5, 5.41) is 1.73. The summed E-state index contributed by atoms with van der Waals surface area (Å²) in [6, 6.07) is 13.5. The quantitative estimate of drug-likeness (QED) is 0.750. The summed E-state index contributed by atoms with van der Waals surface area (Å²) in [6.45, 7) is 4.51. The molecule has 0 spiro atoms. The molecule has 7 nitrogen and oxygen atoms in total. The Kier molecular flexibility index (Phi) is 6.36. The monoisotopic (exact) mass is 377 g/mol. The second-order valence-corrected chi connectivity index (χ2v) is 7.58. The summed E-state index contributed by atoms with van der Waals surface area (Å²) in [5.41, 5.74) is 5.18. The van der Waals surface area contributed by atoms with Gasteiger partial charge >= 0.3 is 0 Å². The van der Waals surface area contributed by atoms with E-state index in [4.69, 9.17) is 4.84 Å². The first kappa shape index (κ1) is 19.9. The number of hydrogen-bond acceptors (Lipinski definition) is 5. The summed E-state index contributed by atoms with van der Waals surface area (Å²) in [6.07, 6.45) is 0. The van der Waals surface area contributed by atoms with Gasteiger partial charge in [0.2, 0.25) is 0 Å². The first-order chi connectivity index (χ1) is 12.3. The van der Waals surface area contributed by atoms with Crippen LogP contribution < -0.4 is 10.4 Å². The smallest absolute Gasteiger partial charge is 0.269 e. The fourth-order valence-electron chi connectivity index (χ4n) is 2.26. The van der Waals surface area contributed by atoms with Crippen molar-refractivity contribution < 1.29 is 18.0 Å². The van der Waals surface area contributed by atoms with Crippen molar-refractivity contribution in [1.82, 2.24) is 9.89 Å². The molecule has 0 saturated heterocycles. The molecule has 0 aliphatic carbocycles. The highest BCUT2D eigenvalue weighted by atomic mass is 32.2. The van der Waals surface area contributed by atoms with Crippen LogP contribution >= 0.6 is 0 Å². The molecule has 0 atom stereocenters. The van der Waals surface area contributed by atoms with Crippen LogP contribution in [0, 0.1) is 6.92 Å². The van der Waals surface area contributed by atoms with Gasteiger partial charge in [-0.2, -0.15) is 0 Å². The third-order valence-corrected chi connectivity index (χ3v) is 5.60. The van der Waals surface area contributed by atoms with Gasteiger partial charge in [0.05, 0.1) is 17.7 Å². The minimum absolute atomic E-state index is 0.0456. The van der Waals surface area contributed by atoms with E-state index in [0.29, 0.717) is 12.1 Å². The van der Waals surface area contributed by atoms with Crippen molar-refractivity contribution in [2.24, 2.45) is 0 Å². The number of hydrogen-bond donors (Lipinski definition) is 1. The lowest BCUT2D eigenvalue weighted by Gasteiger charge is -2.24. The zero-order valence-corrected chi connectivity index (χ0v) is 16.1. The van der Waals surface area contributed by atoms with E-state index in [0.717, 1.165) is 15.7 Å². The van der Waals surface area contributed by atoms with E-state index in [2.05, 4.69) is 5.43 Å². The number of anilines is 1. The van der Waals surface area contributed by atoms with Gasteiger partial charge in [-0.1, -0.05) is 22.2 Å². The first-order valence-corrected chi connectivity index (χ1v) is 9.52. The Balaban J connectivity index is 2.15. The van der Waals surface area contributed by atoms with Gasteiger partial charge in [0.15, 0.2) is 0 Å². The van der Waals surface area contributed by atoms with Gasteiger partial charge in [-0.05, 0) is 50.2 Å². The van der Waals surface area contributed by atoms with E-state index in [1.807, 2.05) is 38.1 Å². The number of aryl methyl sites for hydroxylation is 1. The third kappa shape index (κ3) is 4.40. The minimum Gasteiger partial charge on any atom is -0.288 e. The van der Waals surface area contributed by atoms with E-state index in [-0.39, 0.29) is 10.8 Å². The van der Waals surface area contributed by atoms with Crippen LogP contribution in [0.4, 0.5) is 5.69 Å². The highest BCUT2D eigenvalue weighted by Crippen LogP contribution is 2.16. The largest absolute Gasteiger partial charge is 0.288 e. The summed E-state index contributed by atoms with van der Waals surface area (Å²) < 4.78 is 25.1. The van der Waals surface area contributed by atoms with Crippen LogP contribution in [0.15, 0.2) is 53.4 Å². The zero-order chi connectivity index (χ0) is 19.3. The molecule has 0 aliphatic rings. The van der Waals surface area contributed by atoms with Gasteiger partial charge in [-0.15, -0.1) is 0 Å². The number of carbonyl (C=O) groups is 1. The minimum atomic E-state index is -3.74. The Morgan fingerprint density at radius 3 is 2.15 bits per heavy atom. The van der Waals surface area contributed by atoms with Crippen LogP contribution in [0.5, 0.6) is 0 Å². The number of nitrogens with zero attached hydrogens (tertiary/aromatic N) is 2. The standard InChI is InChI=1S/C18H23N3O4S/c1-5-21(16-10-6-14(2)7-11-16)19-18(22)15-8-12-17(13-9-15)26(23,24)20(3)25-4/h6-13H,5H2,1-4H3,(H,19,22). The lowest BCUT2D eigenvalue weighted by atomic mass is 10.2. The molecule has 2 rings (SSSR count). The van der Waals surface area contributed by atoms with Gasteiger partial charge in [0.1, 0.15) is 0 Å². The molecule has 0 aliphatic heterocycles. The predicted octanol–water partition coefficient (Wildman–Crippen LogP) is 2.35. The van der Waals surface area contributed by atoms with Crippen molar-refractivity contribution in [1.29, 1.82) is 0 Å². The van der Waals surface area contributed by atoms with Gasteiger partial charge in [0, 0.05) is 19.2 Å². The Bertz CT molecular complexity index is 849. The molecule has 0 heterocycles. The molecule has 1 N–H and O–H groups in total. The molecule has 8 heteroatoms. The fourth-order valence-corrected chi connectivity index (χ4v) is 3.24. The molecule has 0 radical (unpaired) electrons. The highest BCUT2D eigenvalue weighted by Gasteiger charge is 2.21. The number of benzene rings is 2. The molecular weight excluding hydrogens is 354 g/mol. The average Bonchev–Trinajstić information content (AvgIpc) is 2.66. The Labute approximate surface area is 154 Å². The first-order valence-electron chi connectivity index (χ1n) is 8.08. The van der Waals surface area contributed by atoms with Gasteiger partial charge in [-0.25, -0.2) is 8.42 Å². The highest BCUT2D eigenvalue weighted by molar-refractivity contribution is 7.89. The van der Waals surface area contributed by atoms with Crippen molar-refractivity contribution in [2.75, 3.05) is 25.7 Å². The van der Waals surface area contributed by atoms with Crippen molar-refractivity contribution in [2.45, 2.75) is 18.7 Å². The number of nitrogens with one attached hydrogen (secondary N) is 1. The lowest BCUT2D eigenvalue weighted by molar-refractivity contribution is -0.0258. The van der Waals surface area contributed by atoms with Crippen LogP contribution in [0.1, 0.15) is 22.8 Å². The van der Waals surface area contributed by atoms with E-state index in [9.17, 15) is 13.2 Å². The van der Waals surface area contributed by atoms with Crippen molar-refractivity contribution >= 4 is 21.6 Å². The van der Waals surface area contributed by atoms with Crippen LogP contribution in [0.25, 0.3) is 0 Å². The van der Waals surface area contributed by atoms with Crippen LogP contribution in [-0.2, 0) is 14.9 Å². The van der Waals surface area contributed by atoms with E-state index < -0.39 is 10.0 Å². The van der Waals surface area contributed by atoms with Crippen LogP contribution in [0.3, 0.4) is 0 Å². The van der Waals surface area contributed by atoms with Gasteiger partial charge in [0.25, 0.3) is 15.9 Å². The van der Waals surface area contributed by atoms with Crippen LogP contribution in [-0.4, -0.2) is 39.5 Å². The van der Waals surface area contributed by atoms with Crippen molar-refractivity contribution in [3.63, 3.8) is 0 Å². The molecule has 140 valence electrons. The second-order valence-electron chi connectivity index (χ2n) is 5.64. The topological polar surface area (TPSA) is 79.0 Å². The molecule has 0 saturated carbocycles. The second kappa shape index (κ2) is 8.31. The van der Waals surface area contributed by atoms with E-state index in [1.54, 1.807) is 5.01 Å². The Hall–Kier alpha value is -2.42. The normalized spacial score (nSPS) is 11.4. The number of carbonyl (C=O) groups excluding carboxylic acids is 1. The van der Waals surface area contributed by atoms with Gasteiger partial charge in [-0.3, -0.25) is 20.1 Å². The SMILES string of the molecule is CCN(NC(=O)c1ccc(S(=O)(=O)N(C)OC)cc1)c1ccc(C)cc1. The van der Waals surface area contributed by atoms with E-state index >= 15 is 0 Å². The molecule has 0 fully saturated rings. The maximum absolute atomic E-state index is 12.5. The molecule has 2 aromatic rings. The number of sulfonamides is 1. The summed E-state index contributed by atoms with van der Waals surface area (Å²) in [7, 11) is -1.17. The number of hydroxylamine groups is 1. The van der Waals surface area contributed by atoms with Crippen molar-refractivity contribution in [3.8, 4) is 0 Å². The molecule has 1 amide bonds. The molecule has 0 aromatic heterocycles. The molecular formula is C18H23N3O4S. The number of rotatable bonds is 7. The molecule has 0 bridgehead atoms. The number of amides is 1. The van der Waals surface area contributed by atoms with Crippen molar-refractivity contribution in [3.05, 3.63) is 59.7 Å². The lowest BCUT2D eigenvalue weighted by Crippen LogP contribution is -2.42. The summed E-state index contributed by atoms with van der Waals surface area (Å²) in [4.78, 5) is 17.2. The molecule has 26 heavy (non-hydrogen) atoms. The molecule has 2 aromatic carbocycles. The maximum Gasteiger partial charge on any atom is 0.269 e.